The quantitative estimate of drug-likeness (QED) is 0.344. The lowest BCUT2D eigenvalue weighted by Crippen LogP contribution is -2.16. The summed E-state index contributed by atoms with van der Waals surface area (Å²) in [5.41, 5.74) is 4.61. The SMILES string of the molecule is N/C(CCNc1cc(Cl)cc(C(F)(F)F)c1)=N/O. The third kappa shape index (κ3) is 4.33. The molecule has 1 aromatic carbocycles. The summed E-state index contributed by atoms with van der Waals surface area (Å²) < 4.78 is 37.5. The second-order valence-corrected chi connectivity index (χ2v) is 3.93. The summed E-state index contributed by atoms with van der Waals surface area (Å²) in [6, 6.07) is 3.15. The molecule has 0 aromatic heterocycles. The molecular formula is C10H11ClF3N3O. The predicted molar refractivity (Wildman–Crippen MR) is 63.0 cm³/mol. The molecule has 100 valence electrons. The normalized spacial score (nSPS) is 12.6. The maximum Gasteiger partial charge on any atom is 0.416 e. The molecule has 0 atom stereocenters. The molecule has 0 radical (unpaired) electrons. The average Bonchev–Trinajstić information content (AvgIpc) is 2.27. The van der Waals surface area contributed by atoms with Crippen LogP contribution < -0.4 is 11.1 Å². The molecule has 0 aliphatic rings. The molecule has 4 N–H and O–H groups in total. The number of nitrogens with zero attached hydrogens (tertiary/aromatic N) is 1. The Morgan fingerprint density at radius 2 is 2.06 bits per heavy atom. The number of rotatable bonds is 4. The fourth-order valence-corrected chi connectivity index (χ4v) is 1.48. The van der Waals surface area contributed by atoms with Crippen molar-refractivity contribution in [2.24, 2.45) is 10.9 Å². The monoisotopic (exact) mass is 281 g/mol. The number of hydrogen-bond acceptors (Lipinski definition) is 3. The molecule has 0 saturated carbocycles. The van der Waals surface area contributed by atoms with Crippen LogP contribution in [0.3, 0.4) is 0 Å². The van der Waals surface area contributed by atoms with Crippen molar-refractivity contribution < 1.29 is 18.4 Å². The van der Waals surface area contributed by atoms with Crippen LogP contribution in [0.2, 0.25) is 5.02 Å². The highest BCUT2D eigenvalue weighted by molar-refractivity contribution is 6.30. The average molecular weight is 282 g/mol. The van der Waals surface area contributed by atoms with Gasteiger partial charge in [-0.1, -0.05) is 16.8 Å². The van der Waals surface area contributed by atoms with Gasteiger partial charge in [-0.05, 0) is 18.2 Å². The summed E-state index contributed by atoms with van der Waals surface area (Å²) in [5.74, 6) is -0.0134. The summed E-state index contributed by atoms with van der Waals surface area (Å²) >= 11 is 5.60. The lowest BCUT2D eigenvalue weighted by atomic mass is 10.2. The Labute approximate surface area is 106 Å². The molecular weight excluding hydrogens is 271 g/mol. The van der Waals surface area contributed by atoms with Crippen LogP contribution in [0.25, 0.3) is 0 Å². The molecule has 1 rings (SSSR count). The molecule has 0 bridgehead atoms. The number of benzene rings is 1. The zero-order valence-electron chi connectivity index (χ0n) is 9.13. The highest BCUT2D eigenvalue weighted by atomic mass is 35.5. The Hall–Kier alpha value is -1.63. The van der Waals surface area contributed by atoms with E-state index in [-0.39, 0.29) is 29.5 Å². The molecule has 0 spiro atoms. The lowest BCUT2D eigenvalue weighted by molar-refractivity contribution is -0.137. The third-order valence-electron chi connectivity index (χ3n) is 2.06. The Kier molecular flexibility index (Phi) is 4.66. The van der Waals surface area contributed by atoms with Gasteiger partial charge in [0, 0.05) is 23.7 Å². The van der Waals surface area contributed by atoms with E-state index in [9.17, 15) is 13.2 Å². The smallest absolute Gasteiger partial charge is 0.409 e. The molecule has 0 unspecified atom stereocenters. The first-order valence-corrected chi connectivity index (χ1v) is 5.29. The van der Waals surface area contributed by atoms with Crippen molar-refractivity contribution in [1.82, 2.24) is 0 Å². The first kappa shape index (κ1) is 14.4. The Balaban J connectivity index is 2.75. The van der Waals surface area contributed by atoms with Crippen molar-refractivity contribution in [2.75, 3.05) is 11.9 Å². The van der Waals surface area contributed by atoms with Gasteiger partial charge in [-0.3, -0.25) is 0 Å². The Bertz CT molecular complexity index is 448. The Morgan fingerprint density at radius 3 is 2.61 bits per heavy atom. The molecule has 0 aliphatic carbocycles. The van der Waals surface area contributed by atoms with Gasteiger partial charge in [0.1, 0.15) is 5.84 Å². The number of alkyl halides is 3. The van der Waals surface area contributed by atoms with Gasteiger partial charge in [0.2, 0.25) is 0 Å². The van der Waals surface area contributed by atoms with E-state index in [4.69, 9.17) is 22.5 Å². The van der Waals surface area contributed by atoms with Crippen LogP contribution in [0, 0.1) is 0 Å². The predicted octanol–water partition coefficient (Wildman–Crippen LogP) is 2.91. The van der Waals surface area contributed by atoms with Crippen LogP contribution >= 0.6 is 11.6 Å². The van der Waals surface area contributed by atoms with Crippen LogP contribution in [0.5, 0.6) is 0 Å². The third-order valence-corrected chi connectivity index (χ3v) is 2.28. The first-order valence-electron chi connectivity index (χ1n) is 4.91. The van der Waals surface area contributed by atoms with E-state index in [1.807, 2.05) is 0 Å². The molecule has 4 nitrogen and oxygen atoms in total. The standard InChI is InChI=1S/C10H11ClF3N3O/c11-7-3-6(10(12,13)14)4-8(5-7)16-2-1-9(15)17-18/h3-5,16,18H,1-2H2,(H2,15,17). The second kappa shape index (κ2) is 5.81. The summed E-state index contributed by atoms with van der Waals surface area (Å²) in [5, 5.41) is 13.7. The summed E-state index contributed by atoms with van der Waals surface area (Å²) in [6.45, 7) is 0.230. The molecule has 1 aromatic rings. The lowest BCUT2D eigenvalue weighted by Gasteiger charge is -2.11. The highest BCUT2D eigenvalue weighted by Gasteiger charge is 2.31. The number of anilines is 1. The minimum absolute atomic E-state index is 0.0134. The van der Waals surface area contributed by atoms with Gasteiger partial charge in [-0.15, -0.1) is 0 Å². The van der Waals surface area contributed by atoms with Gasteiger partial charge in [0.05, 0.1) is 5.56 Å². The number of oxime groups is 1. The van der Waals surface area contributed by atoms with Crippen LogP contribution in [0.4, 0.5) is 18.9 Å². The number of hydrogen-bond donors (Lipinski definition) is 3. The van der Waals surface area contributed by atoms with Gasteiger partial charge >= 0.3 is 6.18 Å². The Morgan fingerprint density at radius 1 is 1.39 bits per heavy atom. The molecule has 0 heterocycles. The van der Waals surface area contributed by atoms with Gasteiger partial charge in [-0.2, -0.15) is 13.2 Å². The van der Waals surface area contributed by atoms with Crippen LogP contribution in [-0.2, 0) is 6.18 Å². The molecule has 18 heavy (non-hydrogen) atoms. The van der Waals surface area contributed by atoms with Crippen molar-refractivity contribution in [1.29, 1.82) is 0 Å². The van der Waals surface area contributed by atoms with E-state index < -0.39 is 11.7 Å². The molecule has 8 heteroatoms. The van der Waals surface area contributed by atoms with Crippen molar-refractivity contribution in [3.63, 3.8) is 0 Å². The zero-order chi connectivity index (χ0) is 13.8. The van der Waals surface area contributed by atoms with E-state index >= 15 is 0 Å². The first-order chi connectivity index (χ1) is 8.32. The van der Waals surface area contributed by atoms with Crippen molar-refractivity contribution in [2.45, 2.75) is 12.6 Å². The van der Waals surface area contributed by atoms with E-state index in [0.29, 0.717) is 0 Å². The van der Waals surface area contributed by atoms with Crippen LogP contribution in [-0.4, -0.2) is 17.6 Å². The fraction of sp³-hybridized carbons (Fsp3) is 0.300. The van der Waals surface area contributed by atoms with E-state index in [0.717, 1.165) is 12.1 Å². The molecule has 0 aliphatic heterocycles. The van der Waals surface area contributed by atoms with Crippen molar-refractivity contribution >= 4 is 23.1 Å². The van der Waals surface area contributed by atoms with Crippen molar-refractivity contribution in [3.05, 3.63) is 28.8 Å². The minimum Gasteiger partial charge on any atom is -0.409 e. The van der Waals surface area contributed by atoms with Gasteiger partial charge in [0.15, 0.2) is 0 Å². The van der Waals surface area contributed by atoms with E-state index in [1.54, 1.807) is 0 Å². The summed E-state index contributed by atoms with van der Waals surface area (Å²) in [7, 11) is 0. The van der Waals surface area contributed by atoms with Gasteiger partial charge in [0.25, 0.3) is 0 Å². The minimum atomic E-state index is -4.45. The maximum atomic E-state index is 12.5. The fourth-order valence-electron chi connectivity index (χ4n) is 1.24. The molecule has 0 saturated heterocycles. The van der Waals surface area contributed by atoms with Crippen molar-refractivity contribution in [3.8, 4) is 0 Å². The number of nitrogens with two attached hydrogens (primary N) is 1. The topological polar surface area (TPSA) is 70.6 Å². The largest absolute Gasteiger partial charge is 0.416 e. The maximum absolute atomic E-state index is 12.5. The molecule has 0 amide bonds. The van der Waals surface area contributed by atoms with E-state index in [1.165, 1.54) is 6.07 Å². The van der Waals surface area contributed by atoms with Gasteiger partial charge < -0.3 is 16.3 Å². The second-order valence-electron chi connectivity index (χ2n) is 3.49. The summed E-state index contributed by atoms with van der Waals surface area (Å²) in [6.07, 6.45) is -4.25. The number of halogens is 4. The number of amidine groups is 1. The number of nitrogens with one attached hydrogen (secondary N) is 1. The van der Waals surface area contributed by atoms with Gasteiger partial charge in [-0.25, -0.2) is 0 Å². The van der Waals surface area contributed by atoms with Crippen LogP contribution in [0.15, 0.2) is 23.4 Å². The van der Waals surface area contributed by atoms with Crippen LogP contribution in [0.1, 0.15) is 12.0 Å². The summed E-state index contributed by atoms with van der Waals surface area (Å²) in [4.78, 5) is 0. The molecule has 0 fully saturated rings. The van der Waals surface area contributed by atoms with E-state index in [2.05, 4.69) is 10.5 Å². The zero-order valence-corrected chi connectivity index (χ0v) is 9.89. The highest BCUT2D eigenvalue weighted by Crippen LogP contribution is 2.33.